The first-order valence-corrected chi connectivity index (χ1v) is 10.5. The summed E-state index contributed by atoms with van der Waals surface area (Å²) in [6.45, 7) is 3.49. The number of nitrogens with one attached hydrogen (secondary N) is 1. The molecule has 2 heterocycles. The molecule has 1 unspecified atom stereocenters. The van der Waals surface area contributed by atoms with E-state index < -0.39 is 25.4 Å². The van der Waals surface area contributed by atoms with Crippen molar-refractivity contribution in [2.24, 2.45) is 0 Å². The molecule has 0 saturated carbocycles. The zero-order valence-electron chi connectivity index (χ0n) is 12.9. The Balaban J connectivity index is 2.06. The summed E-state index contributed by atoms with van der Waals surface area (Å²) in [5.41, 5.74) is 0.533. The molecule has 8 heteroatoms. The Bertz CT molecular complexity index is 984. The summed E-state index contributed by atoms with van der Waals surface area (Å²) in [5, 5.41) is 0.532. The Morgan fingerprint density at radius 3 is 2.65 bits per heavy atom. The smallest absolute Gasteiger partial charge is 0.241 e. The number of sulfonamides is 1. The molecule has 0 radical (unpaired) electrons. The van der Waals surface area contributed by atoms with Gasteiger partial charge in [-0.05, 0) is 44.0 Å². The van der Waals surface area contributed by atoms with Crippen LogP contribution in [0.2, 0.25) is 0 Å². The Labute approximate surface area is 135 Å². The van der Waals surface area contributed by atoms with Gasteiger partial charge in [-0.25, -0.2) is 21.6 Å². The average molecular weight is 354 g/mol. The number of pyridine rings is 1. The molecule has 1 aromatic carbocycles. The van der Waals surface area contributed by atoms with Crippen molar-refractivity contribution < 1.29 is 16.8 Å². The van der Waals surface area contributed by atoms with Crippen LogP contribution < -0.4 is 4.72 Å². The third kappa shape index (κ3) is 3.11. The largest absolute Gasteiger partial charge is 0.256 e. The molecule has 1 aliphatic heterocycles. The molecule has 0 spiro atoms. The molecular weight excluding hydrogens is 336 g/mol. The van der Waals surface area contributed by atoms with Gasteiger partial charge in [-0.15, -0.1) is 0 Å². The molecule has 124 valence electrons. The van der Waals surface area contributed by atoms with Crippen molar-refractivity contribution in [2.75, 3.05) is 11.5 Å². The monoisotopic (exact) mass is 354 g/mol. The van der Waals surface area contributed by atoms with Crippen molar-refractivity contribution in [2.45, 2.75) is 30.7 Å². The van der Waals surface area contributed by atoms with Gasteiger partial charge in [-0.3, -0.25) is 4.98 Å². The fourth-order valence-electron chi connectivity index (χ4n) is 2.99. The number of nitrogens with zero attached hydrogens (tertiary/aromatic N) is 1. The molecule has 1 atom stereocenters. The normalized spacial score (nSPS) is 24.1. The Hall–Kier alpha value is -1.51. The Kier molecular flexibility index (Phi) is 3.74. The number of benzene rings is 1. The molecular formula is C15H18N2O4S2. The van der Waals surface area contributed by atoms with Gasteiger partial charge in [0, 0.05) is 17.1 Å². The second-order valence-electron chi connectivity index (χ2n) is 6.29. The lowest BCUT2D eigenvalue weighted by atomic mass is 10.0. The fraction of sp³-hybridized carbons (Fsp3) is 0.400. The van der Waals surface area contributed by atoms with E-state index in [1.54, 1.807) is 31.3 Å². The summed E-state index contributed by atoms with van der Waals surface area (Å²) >= 11 is 0. The third-order valence-corrected chi connectivity index (χ3v) is 7.70. The first-order valence-electron chi connectivity index (χ1n) is 7.21. The highest BCUT2D eigenvalue weighted by molar-refractivity contribution is 7.92. The van der Waals surface area contributed by atoms with Crippen LogP contribution in [0.3, 0.4) is 0 Å². The van der Waals surface area contributed by atoms with Crippen LogP contribution in [0.25, 0.3) is 10.9 Å². The Morgan fingerprint density at radius 1 is 1.26 bits per heavy atom. The lowest BCUT2D eigenvalue weighted by Crippen LogP contribution is -2.46. The predicted octanol–water partition coefficient (Wildman–Crippen LogP) is 1.40. The lowest BCUT2D eigenvalue weighted by Gasteiger charge is -2.24. The predicted molar refractivity (Wildman–Crippen MR) is 88.5 cm³/mol. The van der Waals surface area contributed by atoms with Crippen LogP contribution in [0, 0.1) is 6.92 Å². The average Bonchev–Trinajstić information content (AvgIpc) is 2.72. The number of aryl methyl sites for hydroxylation is 1. The van der Waals surface area contributed by atoms with E-state index in [-0.39, 0.29) is 22.8 Å². The number of sulfone groups is 1. The van der Waals surface area contributed by atoms with Crippen LogP contribution in [0.5, 0.6) is 0 Å². The van der Waals surface area contributed by atoms with Crippen molar-refractivity contribution in [1.82, 2.24) is 9.71 Å². The zero-order chi connectivity index (χ0) is 16.9. The van der Waals surface area contributed by atoms with Gasteiger partial charge >= 0.3 is 0 Å². The molecule has 23 heavy (non-hydrogen) atoms. The van der Waals surface area contributed by atoms with Crippen LogP contribution >= 0.6 is 0 Å². The highest BCUT2D eigenvalue weighted by Gasteiger charge is 2.41. The summed E-state index contributed by atoms with van der Waals surface area (Å²) in [6.07, 6.45) is 1.89. The van der Waals surface area contributed by atoms with Gasteiger partial charge in [0.25, 0.3) is 0 Å². The second kappa shape index (κ2) is 5.25. The van der Waals surface area contributed by atoms with E-state index in [1.807, 2.05) is 6.92 Å². The van der Waals surface area contributed by atoms with Crippen molar-refractivity contribution in [3.8, 4) is 0 Å². The molecule has 0 bridgehead atoms. The SMILES string of the molecule is Cc1ccc(S(=O)(=O)NC2(C)CCS(=O)(=O)C2)c2cccnc12. The quantitative estimate of drug-likeness (QED) is 0.899. The van der Waals surface area contributed by atoms with E-state index in [0.29, 0.717) is 10.9 Å². The van der Waals surface area contributed by atoms with E-state index in [9.17, 15) is 16.8 Å². The van der Waals surface area contributed by atoms with Crippen molar-refractivity contribution >= 4 is 30.8 Å². The van der Waals surface area contributed by atoms with Crippen LogP contribution in [0.15, 0.2) is 35.4 Å². The topological polar surface area (TPSA) is 93.2 Å². The minimum Gasteiger partial charge on any atom is -0.256 e. The maximum atomic E-state index is 12.8. The molecule has 2 aromatic rings. The molecule has 0 amide bonds. The number of aromatic nitrogens is 1. The van der Waals surface area contributed by atoms with Gasteiger partial charge < -0.3 is 0 Å². The van der Waals surface area contributed by atoms with Crippen molar-refractivity contribution in [3.05, 3.63) is 36.0 Å². The molecule has 1 saturated heterocycles. The highest BCUT2D eigenvalue weighted by Crippen LogP contribution is 2.28. The van der Waals surface area contributed by atoms with Gasteiger partial charge in [0.1, 0.15) is 0 Å². The molecule has 1 N–H and O–H groups in total. The summed E-state index contributed by atoms with van der Waals surface area (Å²) in [7, 11) is -7.05. The molecule has 0 aliphatic carbocycles. The second-order valence-corrected chi connectivity index (χ2v) is 10.1. The van der Waals surface area contributed by atoms with Gasteiger partial charge in [0.05, 0.1) is 21.9 Å². The summed E-state index contributed by atoms with van der Waals surface area (Å²) in [4.78, 5) is 4.36. The molecule has 3 rings (SSSR count). The van der Waals surface area contributed by atoms with Crippen LogP contribution in [0.1, 0.15) is 18.9 Å². The number of fused-ring (bicyclic) bond motifs is 1. The third-order valence-electron chi connectivity index (χ3n) is 4.11. The summed E-state index contributed by atoms with van der Waals surface area (Å²) in [6, 6.07) is 6.63. The van der Waals surface area contributed by atoms with Crippen LogP contribution in [-0.2, 0) is 19.9 Å². The molecule has 1 aliphatic rings. The maximum Gasteiger partial charge on any atom is 0.241 e. The van der Waals surface area contributed by atoms with Crippen molar-refractivity contribution in [1.29, 1.82) is 0 Å². The van der Waals surface area contributed by atoms with Crippen LogP contribution in [-0.4, -0.2) is 38.9 Å². The zero-order valence-corrected chi connectivity index (χ0v) is 14.5. The summed E-state index contributed by atoms with van der Waals surface area (Å²) < 4.78 is 51.5. The van der Waals surface area contributed by atoms with E-state index in [1.165, 1.54) is 6.07 Å². The number of rotatable bonds is 3. The lowest BCUT2D eigenvalue weighted by molar-refractivity contribution is 0.462. The van der Waals surface area contributed by atoms with Gasteiger partial charge in [-0.2, -0.15) is 0 Å². The molecule has 1 aromatic heterocycles. The first-order chi connectivity index (χ1) is 10.6. The van der Waals surface area contributed by atoms with Crippen molar-refractivity contribution in [3.63, 3.8) is 0 Å². The van der Waals surface area contributed by atoms with E-state index >= 15 is 0 Å². The fourth-order valence-corrected chi connectivity index (χ4v) is 6.81. The number of hydrogen-bond donors (Lipinski definition) is 1. The van der Waals surface area contributed by atoms with E-state index in [4.69, 9.17) is 0 Å². The Morgan fingerprint density at radius 2 is 2.00 bits per heavy atom. The van der Waals surface area contributed by atoms with Crippen LogP contribution in [0.4, 0.5) is 0 Å². The first kappa shape index (κ1) is 16.4. The number of hydrogen-bond acceptors (Lipinski definition) is 5. The highest BCUT2D eigenvalue weighted by atomic mass is 32.2. The van der Waals surface area contributed by atoms with E-state index in [0.717, 1.165) is 5.56 Å². The molecule has 6 nitrogen and oxygen atoms in total. The van der Waals surface area contributed by atoms with Gasteiger partial charge in [0.15, 0.2) is 9.84 Å². The van der Waals surface area contributed by atoms with Gasteiger partial charge in [0.2, 0.25) is 10.0 Å². The van der Waals surface area contributed by atoms with Gasteiger partial charge in [-0.1, -0.05) is 6.07 Å². The van der Waals surface area contributed by atoms with E-state index in [2.05, 4.69) is 9.71 Å². The maximum absolute atomic E-state index is 12.8. The molecule has 1 fully saturated rings. The minimum atomic E-state index is -3.85. The standard InChI is InChI=1S/C15H18N2O4S2/c1-11-5-6-13(12-4-3-8-16-14(11)12)23(20,21)17-15(2)7-9-22(18,19)10-15/h3-6,8,17H,7,9-10H2,1-2H3. The minimum absolute atomic E-state index is 0.00220. The summed E-state index contributed by atoms with van der Waals surface area (Å²) in [5.74, 6) is -0.177.